The van der Waals surface area contributed by atoms with Crippen LogP contribution in [0, 0.1) is 13.8 Å². The molecule has 1 unspecified atom stereocenters. The van der Waals surface area contributed by atoms with Gasteiger partial charge in [0.1, 0.15) is 0 Å². The number of nitrogens with two attached hydrogens (primary N) is 1. The van der Waals surface area contributed by atoms with Gasteiger partial charge in [0.25, 0.3) is 0 Å². The van der Waals surface area contributed by atoms with Gasteiger partial charge in [0.05, 0.1) is 0 Å². The van der Waals surface area contributed by atoms with Gasteiger partial charge in [0, 0.05) is 18.6 Å². The van der Waals surface area contributed by atoms with E-state index in [1.54, 1.807) is 0 Å². The van der Waals surface area contributed by atoms with Crippen molar-refractivity contribution < 1.29 is 0 Å². The molecule has 1 saturated carbocycles. The van der Waals surface area contributed by atoms with Crippen LogP contribution in [0.2, 0.25) is 0 Å². The lowest BCUT2D eigenvalue weighted by atomic mass is 9.96. The van der Waals surface area contributed by atoms with E-state index >= 15 is 0 Å². The molecule has 2 nitrogen and oxygen atoms in total. The zero-order chi connectivity index (χ0) is 12.4. The Bertz CT molecular complexity index is 383. The number of hydrogen-bond acceptors (Lipinski definition) is 2. The number of likely N-dealkylation sites (N-methyl/N-ethyl adjacent to an activating group) is 1. The minimum Gasteiger partial charge on any atom is -0.329 e. The van der Waals surface area contributed by atoms with Crippen LogP contribution >= 0.6 is 0 Å². The van der Waals surface area contributed by atoms with E-state index in [0.717, 1.165) is 12.6 Å². The predicted octanol–water partition coefficient (Wildman–Crippen LogP) is 2.79. The van der Waals surface area contributed by atoms with E-state index in [4.69, 9.17) is 5.73 Å². The standard InChI is InChI=1S/C15H24N2/c1-4-17(13-8-9-13)15(10-16)14-7-5-6-11(2)12(14)3/h5-7,13,15H,4,8-10,16H2,1-3H3. The topological polar surface area (TPSA) is 29.3 Å². The fraction of sp³-hybridized carbons (Fsp3) is 0.600. The number of benzene rings is 1. The van der Waals surface area contributed by atoms with Gasteiger partial charge in [-0.1, -0.05) is 25.1 Å². The summed E-state index contributed by atoms with van der Waals surface area (Å²) in [5, 5.41) is 0. The summed E-state index contributed by atoms with van der Waals surface area (Å²) in [6.07, 6.45) is 2.68. The summed E-state index contributed by atoms with van der Waals surface area (Å²) in [5.41, 5.74) is 10.2. The molecule has 1 aliphatic carbocycles. The quantitative estimate of drug-likeness (QED) is 0.846. The molecular weight excluding hydrogens is 208 g/mol. The molecule has 1 aliphatic rings. The molecule has 2 N–H and O–H groups in total. The highest BCUT2D eigenvalue weighted by Crippen LogP contribution is 2.35. The molecule has 0 aliphatic heterocycles. The first kappa shape index (κ1) is 12.6. The number of aryl methyl sites for hydroxylation is 1. The lowest BCUT2D eigenvalue weighted by molar-refractivity contribution is 0.201. The largest absolute Gasteiger partial charge is 0.329 e. The molecule has 1 aromatic carbocycles. The second-order valence-corrected chi connectivity index (χ2v) is 5.10. The zero-order valence-electron chi connectivity index (χ0n) is 11.2. The van der Waals surface area contributed by atoms with Crippen molar-refractivity contribution in [3.8, 4) is 0 Å². The Balaban J connectivity index is 2.30. The van der Waals surface area contributed by atoms with Gasteiger partial charge in [-0.15, -0.1) is 0 Å². The summed E-state index contributed by atoms with van der Waals surface area (Å²) in [6.45, 7) is 8.45. The Morgan fingerprint density at radius 2 is 2.06 bits per heavy atom. The first-order valence-corrected chi connectivity index (χ1v) is 6.71. The van der Waals surface area contributed by atoms with Gasteiger partial charge < -0.3 is 5.73 Å². The van der Waals surface area contributed by atoms with Crippen molar-refractivity contribution in [2.75, 3.05) is 13.1 Å². The van der Waals surface area contributed by atoms with Crippen LogP contribution in [-0.4, -0.2) is 24.0 Å². The minimum atomic E-state index is 0.396. The third-order valence-corrected chi connectivity index (χ3v) is 4.01. The SMILES string of the molecule is CCN(C1CC1)C(CN)c1cccc(C)c1C. The van der Waals surface area contributed by atoms with E-state index in [1.807, 2.05) is 0 Å². The highest BCUT2D eigenvalue weighted by atomic mass is 15.2. The van der Waals surface area contributed by atoms with Crippen LogP contribution in [0.1, 0.15) is 42.5 Å². The lowest BCUT2D eigenvalue weighted by Crippen LogP contribution is -2.35. The molecule has 0 radical (unpaired) electrons. The van der Waals surface area contributed by atoms with Gasteiger partial charge in [-0.3, -0.25) is 4.90 Å². The third-order valence-electron chi connectivity index (χ3n) is 4.01. The van der Waals surface area contributed by atoms with Crippen molar-refractivity contribution in [2.45, 2.75) is 45.7 Å². The molecule has 0 saturated heterocycles. The molecule has 1 fully saturated rings. The molecule has 0 heterocycles. The van der Waals surface area contributed by atoms with Crippen molar-refractivity contribution in [2.24, 2.45) is 5.73 Å². The summed E-state index contributed by atoms with van der Waals surface area (Å²) in [7, 11) is 0. The fourth-order valence-electron chi connectivity index (χ4n) is 2.72. The molecule has 0 amide bonds. The van der Waals surface area contributed by atoms with Gasteiger partial charge in [-0.05, 0) is 49.9 Å². The maximum atomic E-state index is 6.02. The highest BCUT2D eigenvalue weighted by Gasteiger charge is 2.33. The maximum Gasteiger partial charge on any atom is 0.0475 e. The first-order chi connectivity index (χ1) is 8.19. The van der Waals surface area contributed by atoms with Gasteiger partial charge in [0.15, 0.2) is 0 Å². The van der Waals surface area contributed by atoms with E-state index in [0.29, 0.717) is 12.6 Å². The molecule has 94 valence electrons. The Labute approximate surface area is 105 Å². The molecule has 0 bridgehead atoms. The Morgan fingerprint density at radius 1 is 1.35 bits per heavy atom. The first-order valence-electron chi connectivity index (χ1n) is 6.71. The van der Waals surface area contributed by atoms with E-state index < -0.39 is 0 Å². The van der Waals surface area contributed by atoms with Gasteiger partial charge >= 0.3 is 0 Å². The third kappa shape index (κ3) is 2.53. The van der Waals surface area contributed by atoms with Crippen LogP contribution in [0.15, 0.2) is 18.2 Å². The Morgan fingerprint density at radius 3 is 2.59 bits per heavy atom. The summed E-state index contributed by atoms with van der Waals surface area (Å²) >= 11 is 0. The molecule has 17 heavy (non-hydrogen) atoms. The predicted molar refractivity (Wildman–Crippen MR) is 73.1 cm³/mol. The smallest absolute Gasteiger partial charge is 0.0475 e. The van der Waals surface area contributed by atoms with Crippen molar-refractivity contribution in [1.29, 1.82) is 0 Å². The van der Waals surface area contributed by atoms with Gasteiger partial charge in [-0.25, -0.2) is 0 Å². The summed E-state index contributed by atoms with van der Waals surface area (Å²) in [4.78, 5) is 2.57. The van der Waals surface area contributed by atoms with E-state index in [2.05, 4.69) is 43.9 Å². The summed E-state index contributed by atoms with van der Waals surface area (Å²) in [5.74, 6) is 0. The maximum absolute atomic E-state index is 6.02. The van der Waals surface area contributed by atoms with Crippen molar-refractivity contribution in [3.63, 3.8) is 0 Å². The zero-order valence-corrected chi connectivity index (χ0v) is 11.2. The number of rotatable bonds is 5. The summed E-state index contributed by atoms with van der Waals surface area (Å²) < 4.78 is 0. The van der Waals surface area contributed by atoms with Crippen molar-refractivity contribution >= 4 is 0 Å². The average molecular weight is 232 g/mol. The number of hydrogen-bond donors (Lipinski definition) is 1. The second-order valence-electron chi connectivity index (χ2n) is 5.10. The van der Waals surface area contributed by atoms with E-state index in [1.165, 1.54) is 29.5 Å². The fourth-order valence-corrected chi connectivity index (χ4v) is 2.72. The molecule has 0 spiro atoms. The molecule has 0 aromatic heterocycles. The molecule has 2 rings (SSSR count). The van der Waals surface area contributed by atoms with Crippen molar-refractivity contribution in [3.05, 3.63) is 34.9 Å². The lowest BCUT2D eigenvalue weighted by Gasteiger charge is -2.31. The molecule has 2 heteroatoms. The van der Waals surface area contributed by atoms with Crippen LogP contribution in [0.4, 0.5) is 0 Å². The Hall–Kier alpha value is -0.860. The monoisotopic (exact) mass is 232 g/mol. The van der Waals surface area contributed by atoms with Crippen LogP contribution in [0.25, 0.3) is 0 Å². The van der Waals surface area contributed by atoms with Crippen LogP contribution in [0.3, 0.4) is 0 Å². The second kappa shape index (κ2) is 5.19. The van der Waals surface area contributed by atoms with Crippen LogP contribution in [0.5, 0.6) is 0 Å². The highest BCUT2D eigenvalue weighted by molar-refractivity contribution is 5.35. The summed E-state index contributed by atoms with van der Waals surface area (Å²) in [6, 6.07) is 7.74. The molecule has 1 atom stereocenters. The molecule has 1 aromatic rings. The normalized spacial score (nSPS) is 17.5. The number of nitrogens with zero attached hydrogens (tertiary/aromatic N) is 1. The average Bonchev–Trinajstić information content (AvgIpc) is 3.14. The van der Waals surface area contributed by atoms with Crippen LogP contribution < -0.4 is 5.73 Å². The minimum absolute atomic E-state index is 0.396. The van der Waals surface area contributed by atoms with E-state index in [9.17, 15) is 0 Å². The van der Waals surface area contributed by atoms with Crippen LogP contribution in [-0.2, 0) is 0 Å². The Kier molecular flexibility index (Phi) is 3.85. The van der Waals surface area contributed by atoms with E-state index in [-0.39, 0.29) is 0 Å². The van der Waals surface area contributed by atoms with Crippen molar-refractivity contribution in [1.82, 2.24) is 4.90 Å². The molecular formula is C15H24N2. The van der Waals surface area contributed by atoms with Gasteiger partial charge in [-0.2, -0.15) is 0 Å². The van der Waals surface area contributed by atoms with Gasteiger partial charge in [0.2, 0.25) is 0 Å².